The van der Waals surface area contributed by atoms with Gasteiger partial charge in [0, 0.05) is 5.02 Å². The molecule has 0 saturated heterocycles. The molecule has 1 heterocycles. The second-order valence-corrected chi connectivity index (χ2v) is 7.88. The second-order valence-electron chi connectivity index (χ2n) is 5.72. The maximum atomic E-state index is 12.3. The Balaban J connectivity index is 2.21. The van der Waals surface area contributed by atoms with E-state index in [1.165, 1.54) is 7.11 Å². The highest BCUT2D eigenvalue weighted by molar-refractivity contribution is 7.18. The molecule has 10 heteroatoms. The number of nitriles is 1. The lowest BCUT2D eigenvalue weighted by Crippen LogP contribution is -2.20. The number of esters is 1. The van der Waals surface area contributed by atoms with Gasteiger partial charge in [-0.05, 0) is 37.5 Å². The standard InChI is InChI=1S/C18H15Cl3N2O4S/c1-7-10(5-22)17(28-16(7)18(25)26-4)23-11(24)6-27-15-13(20)8(2)12(19)9(3)14(15)21/h6H2,1-4H3,(H,23,24). The molecule has 0 radical (unpaired) electrons. The Hall–Kier alpha value is -1.98. The third kappa shape index (κ3) is 4.20. The summed E-state index contributed by atoms with van der Waals surface area (Å²) in [6, 6.07) is 1.97. The summed E-state index contributed by atoms with van der Waals surface area (Å²) in [5.74, 6) is -0.982. The van der Waals surface area contributed by atoms with Gasteiger partial charge >= 0.3 is 5.97 Å². The molecule has 1 aromatic heterocycles. The zero-order chi connectivity index (χ0) is 21.2. The number of thiophene rings is 1. The molecule has 28 heavy (non-hydrogen) atoms. The number of benzene rings is 1. The lowest BCUT2D eigenvalue weighted by atomic mass is 10.1. The van der Waals surface area contributed by atoms with Gasteiger partial charge in [0.1, 0.15) is 15.9 Å². The Labute approximate surface area is 180 Å². The summed E-state index contributed by atoms with van der Waals surface area (Å²) in [5, 5.41) is 13.0. The highest BCUT2D eigenvalue weighted by atomic mass is 35.5. The van der Waals surface area contributed by atoms with Crippen LogP contribution in [0.2, 0.25) is 15.1 Å². The van der Waals surface area contributed by atoms with Crippen LogP contribution in [0.4, 0.5) is 5.00 Å². The SMILES string of the molecule is COC(=O)c1sc(NC(=O)COc2c(Cl)c(C)c(Cl)c(C)c2Cl)c(C#N)c1C. The van der Waals surface area contributed by atoms with Crippen molar-refractivity contribution in [3.05, 3.63) is 42.2 Å². The van der Waals surface area contributed by atoms with E-state index < -0.39 is 18.5 Å². The first-order valence-corrected chi connectivity index (χ1v) is 9.77. The van der Waals surface area contributed by atoms with E-state index in [1.54, 1.807) is 20.8 Å². The van der Waals surface area contributed by atoms with Crippen molar-refractivity contribution in [3.8, 4) is 11.8 Å². The van der Waals surface area contributed by atoms with Crippen molar-refractivity contribution in [2.75, 3.05) is 19.0 Å². The Morgan fingerprint density at radius 1 is 1.07 bits per heavy atom. The maximum absolute atomic E-state index is 12.3. The number of anilines is 1. The Kier molecular flexibility index (Phi) is 7.18. The van der Waals surface area contributed by atoms with E-state index in [-0.39, 0.29) is 31.2 Å². The van der Waals surface area contributed by atoms with Gasteiger partial charge in [-0.2, -0.15) is 5.26 Å². The molecule has 148 valence electrons. The Morgan fingerprint density at radius 2 is 1.64 bits per heavy atom. The van der Waals surface area contributed by atoms with Crippen LogP contribution in [-0.2, 0) is 9.53 Å². The summed E-state index contributed by atoms with van der Waals surface area (Å²) in [7, 11) is 1.24. The molecule has 0 saturated carbocycles. The predicted octanol–water partition coefficient (Wildman–Crippen LogP) is 5.31. The molecule has 0 unspecified atom stereocenters. The van der Waals surface area contributed by atoms with Gasteiger partial charge in [0.25, 0.3) is 5.91 Å². The molecule has 0 bridgehead atoms. The smallest absolute Gasteiger partial charge is 0.348 e. The lowest BCUT2D eigenvalue weighted by Gasteiger charge is -2.15. The summed E-state index contributed by atoms with van der Waals surface area (Å²) < 4.78 is 10.2. The first-order valence-electron chi connectivity index (χ1n) is 7.82. The molecular formula is C18H15Cl3N2O4S. The molecule has 1 amide bonds. The van der Waals surface area contributed by atoms with Crippen LogP contribution in [0.1, 0.15) is 31.9 Å². The van der Waals surface area contributed by atoms with Gasteiger partial charge in [-0.25, -0.2) is 4.79 Å². The third-order valence-electron chi connectivity index (χ3n) is 3.95. The molecule has 0 aliphatic carbocycles. The molecular weight excluding hydrogens is 447 g/mol. The van der Waals surface area contributed by atoms with Gasteiger partial charge in [-0.15, -0.1) is 11.3 Å². The number of nitrogens with zero attached hydrogens (tertiary/aromatic N) is 1. The zero-order valence-electron chi connectivity index (χ0n) is 15.3. The highest BCUT2D eigenvalue weighted by Gasteiger charge is 2.23. The van der Waals surface area contributed by atoms with Crippen LogP contribution < -0.4 is 10.1 Å². The normalized spacial score (nSPS) is 10.4. The molecule has 2 rings (SSSR count). The second kappa shape index (κ2) is 9.01. The molecule has 0 atom stereocenters. The average Bonchev–Trinajstić information content (AvgIpc) is 2.99. The number of ether oxygens (including phenoxy) is 2. The Morgan fingerprint density at radius 3 is 2.14 bits per heavy atom. The lowest BCUT2D eigenvalue weighted by molar-refractivity contribution is -0.118. The van der Waals surface area contributed by atoms with Crippen LogP contribution in [-0.4, -0.2) is 25.6 Å². The minimum absolute atomic E-state index is 0.149. The number of hydrogen-bond acceptors (Lipinski definition) is 6. The summed E-state index contributed by atoms with van der Waals surface area (Å²) in [4.78, 5) is 24.3. The maximum Gasteiger partial charge on any atom is 0.348 e. The van der Waals surface area contributed by atoms with Gasteiger partial charge in [0.2, 0.25) is 0 Å². The van der Waals surface area contributed by atoms with Gasteiger partial charge in [-0.3, -0.25) is 4.79 Å². The number of carbonyl (C=O) groups excluding carboxylic acids is 2. The van der Waals surface area contributed by atoms with Crippen molar-refractivity contribution in [3.63, 3.8) is 0 Å². The number of rotatable bonds is 5. The number of amides is 1. The fraction of sp³-hybridized carbons (Fsp3) is 0.278. The van der Waals surface area contributed by atoms with Crippen molar-refractivity contribution in [1.29, 1.82) is 5.26 Å². The van der Waals surface area contributed by atoms with Crippen LogP contribution >= 0.6 is 46.1 Å². The number of halogens is 3. The fourth-order valence-electron chi connectivity index (χ4n) is 2.36. The average molecular weight is 462 g/mol. The van der Waals surface area contributed by atoms with Crippen molar-refractivity contribution in [2.45, 2.75) is 20.8 Å². The minimum atomic E-state index is -0.582. The summed E-state index contributed by atoms with van der Waals surface area (Å²) >= 11 is 19.5. The van der Waals surface area contributed by atoms with Gasteiger partial charge in [0.05, 0.1) is 22.7 Å². The largest absolute Gasteiger partial charge is 0.481 e. The predicted molar refractivity (Wildman–Crippen MR) is 110 cm³/mol. The first-order chi connectivity index (χ1) is 13.1. The van der Waals surface area contributed by atoms with E-state index in [9.17, 15) is 14.9 Å². The topological polar surface area (TPSA) is 88.4 Å². The van der Waals surface area contributed by atoms with Gasteiger partial charge in [0.15, 0.2) is 12.4 Å². The van der Waals surface area contributed by atoms with E-state index in [0.29, 0.717) is 21.7 Å². The van der Waals surface area contributed by atoms with E-state index in [2.05, 4.69) is 10.1 Å². The van der Waals surface area contributed by atoms with Crippen molar-refractivity contribution in [2.24, 2.45) is 0 Å². The van der Waals surface area contributed by atoms with Gasteiger partial charge in [-0.1, -0.05) is 34.8 Å². The zero-order valence-corrected chi connectivity index (χ0v) is 18.4. The number of carbonyl (C=O) groups is 2. The number of nitrogens with one attached hydrogen (secondary N) is 1. The van der Waals surface area contributed by atoms with E-state index in [0.717, 1.165) is 11.3 Å². The van der Waals surface area contributed by atoms with Crippen molar-refractivity contribution < 1.29 is 19.1 Å². The number of methoxy groups -OCH3 is 1. The fourth-order valence-corrected chi connectivity index (χ4v) is 4.27. The monoisotopic (exact) mass is 460 g/mol. The molecule has 2 aromatic rings. The van der Waals surface area contributed by atoms with Crippen molar-refractivity contribution in [1.82, 2.24) is 0 Å². The molecule has 6 nitrogen and oxygen atoms in total. The van der Waals surface area contributed by atoms with Gasteiger partial charge < -0.3 is 14.8 Å². The third-order valence-corrected chi connectivity index (χ3v) is 6.61. The molecule has 1 aromatic carbocycles. The first kappa shape index (κ1) is 22.3. The summed E-state index contributed by atoms with van der Waals surface area (Å²) in [6.45, 7) is 4.62. The molecule has 0 aliphatic heterocycles. The quantitative estimate of drug-likeness (QED) is 0.610. The molecule has 0 aliphatic rings. The number of hydrogen-bond donors (Lipinski definition) is 1. The van der Waals surface area contributed by atoms with Crippen LogP contribution in [0.3, 0.4) is 0 Å². The summed E-state index contributed by atoms with van der Waals surface area (Å²) in [6.07, 6.45) is 0. The van der Waals surface area contributed by atoms with E-state index in [4.69, 9.17) is 39.5 Å². The minimum Gasteiger partial charge on any atom is -0.481 e. The van der Waals surface area contributed by atoms with Crippen LogP contribution in [0.25, 0.3) is 0 Å². The molecule has 0 fully saturated rings. The van der Waals surface area contributed by atoms with Crippen molar-refractivity contribution >= 4 is 63.0 Å². The summed E-state index contributed by atoms with van der Waals surface area (Å²) in [5.41, 5.74) is 1.80. The molecule has 1 N–H and O–H groups in total. The van der Waals surface area contributed by atoms with E-state index in [1.807, 2.05) is 6.07 Å². The van der Waals surface area contributed by atoms with Crippen LogP contribution in [0, 0.1) is 32.1 Å². The van der Waals surface area contributed by atoms with Crippen LogP contribution in [0.15, 0.2) is 0 Å². The Bertz CT molecular complexity index is 982. The van der Waals surface area contributed by atoms with E-state index >= 15 is 0 Å². The molecule has 0 spiro atoms. The van der Waals surface area contributed by atoms with Crippen LogP contribution in [0.5, 0.6) is 5.75 Å². The highest BCUT2D eigenvalue weighted by Crippen LogP contribution is 2.42.